The van der Waals surface area contributed by atoms with Gasteiger partial charge in [-0.3, -0.25) is 4.90 Å². The molecular weight excluding hydrogens is 357 g/mol. The van der Waals surface area contributed by atoms with E-state index in [1.165, 1.54) is 0 Å². The number of hydrogen-bond acceptors (Lipinski definition) is 2. The topological polar surface area (TPSA) is 35.6 Å². The van der Waals surface area contributed by atoms with Gasteiger partial charge in [-0.15, -0.1) is 0 Å². The van der Waals surface area contributed by atoms with Gasteiger partial charge in [0.2, 0.25) is 0 Å². The lowest BCUT2D eigenvalue weighted by atomic mass is 10.3. The van der Waals surface area contributed by atoms with E-state index in [1.807, 2.05) is 42.5 Å². The zero-order chi connectivity index (χ0) is 17.4. The Bertz CT molecular complexity index is 654. The number of rotatable bonds is 7. The number of benzene rings is 2. The van der Waals surface area contributed by atoms with E-state index in [-0.39, 0.29) is 19.9 Å². The van der Waals surface area contributed by atoms with Crippen molar-refractivity contribution in [3.63, 3.8) is 0 Å². The maximum Gasteiger partial charge on any atom is 1.00 e. The molecule has 0 aromatic heterocycles. The van der Waals surface area contributed by atoms with Crippen LogP contribution in [-0.4, -0.2) is 37.1 Å². The monoisotopic (exact) mass is 381 g/mol. The highest BCUT2D eigenvalue weighted by Gasteiger charge is 2.17. The Morgan fingerprint density at radius 3 is 2.20 bits per heavy atom. The van der Waals surface area contributed by atoms with Gasteiger partial charge in [0.1, 0.15) is 0 Å². The summed E-state index contributed by atoms with van der Waals surface area (Å²) in [5, 5.41) is 3.44. The second-order valence-corrected chi connectivity index (χ2v) is 5.83. The summed E-state index contributed by atoms with van der Waals surface area (Å²) in [6.07, 6.45) is 0. The number of para-hydroxylation sites is 2. The van der Waals surface area contributed by atoms with Crippen molar-refractivity contribution in [2.24, 2.45) is 0 Å². The van der Waals surface area contributed by atoms with Crippen LogP contribution in [0.15, 0.2) is 54.6 Å². The van der Waals surface area contributed by atoms with Crippen LogP contribution in [0.4, 0.5) is 16.2 Å². The van der Waals surface area contributed by atoms with Gasteiger partial charge in [0, 0.05) is 18.8 Å². The molecule has 25 heavy (non-hydrogen) atoms. The Morgan fingerprint density at radius 1 is 1.00 bits per heavy atom. The van der Waals surface area contributed by atoms with Gasteiger partial charge in [-0.1, -0.05) is 55.8 Å². The van der Waals surface area contributed by atoms with E-state index < -0.39 is 0 Å². The standard InChI is InChI=1S/C19H24ClN3O.ClH/c1-3-22(4-2)14-15-23(16-10-6-5-7-11-16)19(24)21-18-13-9-8-12-17(18)20;/h5-13H,3-4,14-15H2,1-2H3,(H,21,24);1H. The molecule has 1 N–H and O–H groups in total. The second-order valence-electron chi connectivity index (χ2n) is 5.42. The summed E-state index contributed by atoms with van der Waals surface area (Å²) < 4.78 is 0. The molecule has 0 heterocycles. The Labute approximate surface area is 162 Å². The molecule has 0 spiro atoms. The number of carbonyl (C=O) groups excluding carboxylic acids is 1. The fourth-order valence-corrected chi connectivity index (χ4v) is 2.67. The number of halogens is 2. The fourth-order valence-electron chi connectivity index (χ4n) is 2.48. The van der Waals surface area contributed by atoms with Crippen molar-refractivity contribution >= 4 is 29.0 Å². The zero-order valence-electron chi connectivity index (χ0n) is 15.6. The highest BCUT2D eigenvalue weighted by atomic mass is 35.5. The molecule has 2 amide bonds. The predicted octanol–water partition coefficient (Wildman–Crippen LogP) is 1.84. The third-order valence-corrected chi connectivity index (χ3v) is 4.29. The van der Waals surface area contributed by atoms with Crippen LogP contribution >= 0.6 is 11.6 Å². The van der Waals surface area contributed by atoms with Crippen LogP contribution in [0.5, 0.6) is 0 Å². The zero-order valence-corrected chi connectivity index (χ0v) is 16.1. The van der Waals surface area contributed by atoms with Crippen molar-refractivity contribution < 1.29 is 18.6 Å². The lowest BCUT2D eigenvalue weighted by molar-refractivity contribution is -0.00000774. The minimum Gasteiger partial charge on any atom is -1.00 e. The molecule has 0 atom stereocenters. The average Bonchev–Trinajstić information content (AvgIpc) is 2.61. The van der Waals surface area contributed by atoms with E-state index in [2.05, 4.69) is 24.1 Å². The summed E-state index contributed by atoms with van der Waals surface area (Å²) in [6, 6.07) is 16.8. The molecule has 0 aliphatic carbocycles. The van der Waals surface area contributed by atoms with Crippen molar-refractivity contribution in [3.05, 3.63) is 59.6 Å². The van der Waals surface area contributed by atoms with Crippen LogP contribution in [-0.2, 0) is 0 Å². The maximum atomic E-state index is 12.8. The minimum absolute atomic E-state index is 0. The number of carbonyl (C=O) groups is 1. The number of urea groups is 1. The van der Waals surface area contributed by atoms with E-state index in [1.54, 1.807) is 17.0 Å². The predicted molar refractivity (Wildman–Crippen MR) is 103 cm³/mol. The van der Waals surface area contributed by atoms with Crippen molar-refractivity contribution in [1.29, 1.82) is 0 Å². The molecule has 0 saturated carbocycles. The quantitative estimate of drug-likeness (QED) is 0.793. The van der Waals surface area contributed by atoms with E-state index in [0.717, 1.165) is 25.3 Å². The van der Waals surface area contributed by atoms with Gasteiger partial charge in [0.05, 0.1) is 10.7 Å². The Hall–Kier alpha value is -1.75. The molecule has 136 valence electrons. The first kappa shape index (κ1) is 21.3. The average molecular weight is 382 g/mol. The smallest absolute Gasteiger partial charge is 1.00 e. The third kappa shape index (κ3) is 6.24. The highest BCUT2D eigenvalue weighted by molar-refractivity contribution is 6.33. The molecule has 0 aliphatic heterocycles. The molecule has 2 aromatic rings. The highest BCUT2D eigenvalue weighted by Crippen LogP contribution is 2.22. The normalized spacial score (nSPS) is 10.2. The molecule has 4 nitrogen and oxygen atoms in total. The van der Waals surface area contributed by atoms with Crippen molar-refractivity contribution in [2.75, 3.05) is 36.4 Å². The van der Waals surface area contributed by atoms with E-state index >= 15 is 0 Å². The van der Waals surface area contributed by atoms with Crippen molar-refractivity contribution in [3.8, 4) is 0 Å². The summed E-state index contributed by atoms with van der Waals surface area (Å²) in [5.41, 5.74) is 1.49. The summed E-state index contributed by atoms with van der Waals surface area (Å²) >= 11 is 6.15. The first-order valence-corrected chi connectivity index (χ1v) is 8.64. The van der Waals surface area contributed by atoms with Gasteiger partial charge in [0.15, 0.2) is 0 Å². The summed E-state index contributed by atoms with van der Waals surface area (Å²) in [7, 11) is 0. The molecule has 0 aliphatic rings. The van der Waals surface area contributed by atoms with Gasteiger partial charge < -0.3 is 22.6 Å². The van der Waals surface area contributed by atoms with Crippen molar-refractivity contribution in [2.45, 2.75) is 13.8 Å². The number of likely N-dealkylation sites (N-methyl/N-ethyl adjacent to an activating group) is 1. The maximum absolute atomic E-state index is 12.8. The summed E-state index contributed by atoms with van der Waals surface area (Å²) in [6.45, 7) is 7.61. The van der Waals surface area contributed by atoms with Gasteiger partial charge in [-0.2, -0.15) is 0 Å². The first-order chi connectivity index (χ1) is 11.7. The van der Waals surface area contributed by atoms with Gasteiger partial charge in [0.25, 0.3) is 0 Å². The SMILES string of the molecule is CCN(CC)CCN(C(=O)Nc1ccccc1Cl)c1ccccc1.[Cl-].[H+]. The molecular formula is C19H25Cl2N3O. The van der Waals surface area contributed by atoms with Gasteiger partial charge in [-0.25, -0.2) is 4.79 Å². The van der Waals surface area contributed by atoms with E-state index in [9.17, 15) is 4.79 Å². The Kier molecular flexibility index (Phi) is 9.35. The molecule has 0 bridgehead atoms. The minimum atomic E-state index is -0.179. The van der Waals surface area contributed by atoms with Crippen LogP contribution in [0.2, 0.25) is 5.02 Å². The van der Waals surface area contributed by atoms with Crippen LogP contribution in [0.25, 0.3) is 0 Å². The second kappa shape index (κ2) is 11.0. The molecule has 2 rings (SSSR count). The van der Waals surface area contributed by atoms with Crippen LogP contribution in [0.1, 0.15) is 15.3 Å². The molecule has 0 radical (unpaired) electrons. The van der Waals surface area contributed by atoms with Crippen LogP contribution in [0.3, 0.4) is 0 Å². The molecule has 0 fully saturated rings. The van der Waals surface area contributed by atoms with Crippen LogP contribution in [0, 0.1) is 0 Å². The van der Waals surface area contributed by atoms with Crippen molar-refractivity contribution in [1.82, 2.24) is 4.90 Å². The largest absolute Gasteiger partial charge is 1.00 e. The van der Waals surface area contributed by atoms with Crippen LogP contribution < -0.4 is 22.6 Å². The number of hydrogen-bond donors (Lipinski definition) is 1. The van der Waals surface area contributed by atoms with E-state index in [4.69, 9.17) is 11.6 Å². The fraction of sp³-hybridized carbons (Fsp3) is 0.316. The van der Waals surface area contributed by atoms with Gasteiger partial charge in [-0.05, 0) is 37.4 Å². The summed E-state index contributed by atoms with van der Waals surface area (Å²) in [5.74, 6) is 0. The Balaban J connectivity index is 0.00000312. The molecule has 2 aromatic carbocycles. The number of nitrogens with zero attached hydrogens (tertiary/aromatic N) is 2. The molecule has 0 unspecified atom stereocenters. The number of amides is 2. The third-order valence-electron chi connectivity index (χ3n) is 3.96. The van der Waals surface area contributed by atoms with E-state index in [0.29, 0.717) is 17.3 Å². The van der Waals surface area contributed by atoms with Gasteiger partial charge >= 0.3 is 7.46 Å². The number of nitrogens with one attached hydrogen (secondary N) is 1. The lowest BCUT2D eigenvalue weighted by Gasteiger charge is -2.27. The lowest BCUT2D eigenvalue weighted by Crippen LogP contribution is -3.00. The molecule has 6 heteroatoms. The first-order valence-electron chi connectivity index (χ1n) is 8.26. The summed E-state index contributed by atoms with van der Waals surface area (Å²) in [4.78, 5) is 16.8. The molecule has 0 saturated heterocycles. The number of anilines is 2. The Morgan fingerprint density at radius 2 is 1.60 bits per heavy atom.